The van der Waals surface area contributed by atoms with E-state index in [1.54, 1.807) is 0 Å². The minimum Gasteiger partial charge on any atom is -0.304 e. The molecule has 0 rings (SSSR count). The van der Waals surface area contributed by atoms with E-state index in [1.807, 2.05) is 0 Å². The molecule has 0 atom stereocenters. The lowest BCUT2D eigenvalue weighted by Crippen LogP contribution is -2.39. The molecule has 0 unspecified atom stereocenters. The second kappa shape index (κ2) is 17.7. The van der Waals surface area contributed by atoms with Gasteiger partial charge < -0.3 is 5.32 Å². The van der Waals surface area contributed by atoms with Crippen molar-refractivity contribution in [3.05, 3.63) is 0 Å². The summed E-state index contributed by atoms with van der Waals surface area (Å²) in [4.78, 5) is 5.48. The third kappa shape index (κ3) is 11.3. The highest BCUT2D eigenvalue weighted by molar-refractivity contribution is 7.58. The Balaban J connectivity index is 5.48. The molecule has 6 nitrogen and oxygen atoms in total. The predicted molar refractivity (Wildman–Crippen MR) is 132 cm³/mol. The third-order valence-electron chi connectivity index (χ3n) is 5.37. The van der Waals surface area contributed by atoms with Gasteiger partial charge in [0.25, 0.3) is 0 Å². The molecule has 0 fully saturated rings. The molecule has 0 aliphatic rings. The summed E-state index contributed by atoms with van der Waals surface area (Å²) in [5, 5.41) is 6.02. The maximum atomic E-state index is 5.48. The molecule has 0 spiro atoms. The monoisotopic (exact) mass is 432 g/mol. The van der Waals surface area contributed by atoms with Gasteiger partial charge in [0.05, 0.1) is 6.67 Å². The van der Waals surface area contributed by atoms with Crippen molar-refractivity contribution in [3.8, 4) is 0 Å². The zero-order valence-corrected chi connectivity index (χ0v) is 22.0. The Morgan fingerprint density at radius 3 is 1.55 bits per heavy atom. The summed E-state index contributed by atoms with van der Waals surface area (Å²) in [6.07, 6.45) is 12.8. The number of hydrogen-bond donors (Lipinski definition) is 1. The van der Waals surface area contributed by atoms with E-state index in [1.165, 1.54) is 64.2 Å². The van der Waals surface area contributed by atoms with Crippen LogP contribution in [-0.4, -0.2) is 80.6 Å². The standard InChI is InChI=1S/C22H53N6P/c1-9-12-15-17-20-28(21-18-16-13-10-2)24-29(25(4)5,26(6)7)27(8)22-23-19-14-11-3/h23H,9-22H2,1-8H3. The van der Waals surface area contributed by atoms with E-state index in [2.05, 4.69) is 80.3 Å². The van der Waals surface area contributed by atoms with E-state index in [0.717, 1.165) is 26.3 Å². The van der Waals surface area contributed by atoms with Crippen molar-refractivity contribution in [1.82, 2.24) is 24.3 Å². The quantitative estimate of drug-likeness (QED) is 0.122. The van der Waals surface area contributed by atoms with E-state index in [9.17, 15) is 0 Å². The molecule has 0 aromatic heterocycles. The summed E-state index contributed by atoms with van der Waals surface area (Å²) in [6.45, 7) is 10.9. The van der Waals surface area contributed by atoms with Crippen LogP contribution >= 0.6 is 7.51 Å². The van der Waals surface area contributed by atoms with Crippen molar-refractivity contribution in [2.45, 2.75) is 85.0 Å². The van der Waals surface area contributed by atoms with E-state index in [0.29, 0.717) is 0 Å². The van der Waals surface area contributed by atoms with Gasteiger partial charge in [0.2, 0.25) is 0 Å². The van der Waals surface area contributed by atoms with Crippen molar-refractivity contribution in [2.75, 3.05) is 61.5 Å². The maximum Gasteiger partial charge on any atom is 0.185 e. The van der Waals surface area contributed by atoms with Gasteiger partial charge >= 0.3 is 0 Å². The van der Waals surface area contributed by atoms with Gasteiger partial charge in [0.1, 0.15) is 0 Å². The Bertz CT molecular complexity index is 404. The number of nitrogens with zero attached hydrogens (tertiary/aromatic N) is 5. The maximum absolute atomic E-state index is 5.48. The zero-order chi connectivity index (χ0) is 22.1. The fourth-order valence-corrected chi connectivity index (χ4v) is 6.85. The van der Waals surface area contributed by atoms with Crippen LogP contribution in [0.3, 0.4) is 0 Å². The van der Waals surface area contributed by atoms with Gasteiger partial charge in [-0.25, -0.2) is 4.67 Å². The minimum absolute atomic E-state index is 0.868. The first-order valence-electron chi connectivity index (χ1n) is 12.0. The van der Waals surface area contributed by atoms with E-state index >= 15 is 0 Å². The molecule has 0 aliphatic carbocycles. The Kier molecular flexibility index (Phi) is 17.7. The highest BCUT2D eigenvalue weighted by Crippen LogP contribution is 2.55. The average molecular weight is 433 g/mol. The predicted octanol–water partition coefficient (Wildman–Crippen LogP) is 5.71. The Morgan fingerprint density at radius 2 is 1.14 bits per heavy atom. The number of hydrogen-bond acceptors (Lipinski definition) is 2. The Labute approximate surface area is 183 Å². The third-order valence-corrected chi connectivity index (χ3v) is 9.06. The average Bonchev–Trinajstić information content (AvgIpc) is 2.68. The summed E-state index contributed by atoms with van der Waals surface area (Å²) in [6, 6.07) is 0. The van der Waals surface area contributed by atoms with Crippen LogP contribution in [0.5, 0.6) is 0 Å². The lowest BCUT2D eigenvalue weighted by atomic mass is 10.2. The van der Waals surface area contributed by atoms with Crippen LogP contribution in [0.2, 0.25) is 0 Å². The van der Waals surface area contributed by atoms with Crippen LogP contribution < -0.4 is 5.32 Å². The lowest BCUT2D eigenvalue weighted by Gasteiger charge is -2.43. The summed E-state index contributed by atoms with van der Waals surface area (Å²) in [7, 11) is 9.01. The second-order valence-electron chi connectivity index (χ2n) is 8.56. The van der Waals surface area contributed by atoms with Gasteiger partial charge in [0.15, 0.2) is 7.51 Å². The molecule has 0 saturated heterocycles. The zero-order valence-electron chi connectivity index (χ0n) is 21.1. The van der Waals surface area contributed by atoms with Gasteiger partial charge in [-0.1, -0.05) is 65.7 Å². The van der Waals surface area contributed by atoms with Crippen molar-refractivity contribution in [1.29, 1.82) is 0 Å². The molecule has 0 radical (unpaired) electrons. The number of rotatable bonds is 19. The van der Waals surface area contributed by atoms with Crippen molar-refractivity contribution >= 4 is 7.51 Å². The molecule has 0 bridgehead atoms. The number of nitrogens with one attached hydrogen (secondary N) is 1. The van der Waals surface area contributed by atoms with Gasteiger partial charge in [0, 0.05) is 13.1 Å². The molecule has 176 valence electrons. The Morgan fingerprint density at radius 1 is 0.655 bits per heavy atom. The van der Waals surface area contributed by atoms with Crippen molar-refractivity contribution in [3.63, 3.8) is 0 Å². The van der Waals surface area contributed by atoms with Crippen molar-refractivity contribution < 1.29 is 0 Å². The summed E-state index contributed by atoms with van der Waals surface area (Å²) in [5.74, 6) is 0. The highest BCUT2D eigenvalue weighted by Gasteiger charge is 2.32. The molecule has 0 amide bonds. The largest absolute Gasteiger partial charge is 0.304 e. The van der Waals surface area contributed by atoms with Crippen molar-refractivity contribution in [2.24, 2.45) is 4.85 Å². The molecule has 0 aromatic carbocycles. The fraction of sp³-hybridized carbons (Fsp3) is 1.00. The summed E-state index contributed by atoms with van der Waals surface area (Å²) < 4.78 is 7.13. The highest BCUT2D eigenvalue weighted by atomic mass is 31.2. The molecule has 1 N–H and O–H groups in total. The van der Waals surface area contributed by atoms with E-state index in [4.69, 9.17) is 4.85 Å². The van der Waals surface area contributed by atoms with Gasteiger partial charge in [-0.05, 0) is 61.0 Å². The minimum atomic E-state index is -1.96. The normalized spacial score (nSPS) is 12.7. The summed E-state index contributed by atoms with van der Waals surface area (Å²) >= 11 is 0. The smallest absolute Gasteiger partial charge is 0.185 e. The molecular formula is C22H53N6P. The van der Waals surface area contributed by atoms with E-state index in [-0.39, 0.29) is 0 Å². The fourth-order valence-electron chi connectivity index (χ4n) is 3.65. The molecule has 29 heavy (non-hydrogen) atoms. The molecule has 7 heteroatoms. The SMILES string of the molecule is CCCCCCN(CCCCCC)N=P(N(C)C)(N(C)C)N(C)CNCCCC. The van der Waals surface area contributed by atoms with Crippen LogP contribution in [0, 0.1) is 0 Å². The van der Waals surface area contributed by atoms with Gasteiger partial charge in [-0.2, -0.15) is 9.86 Å². The second-order valence-corrected chi connectivity index (χ2v) is 12.1. The van der Waals surface area contributed by atoms with Gasteiger partial charge in [-0.3, -0.25) is 9.34 Å². The first-order valence-corrected chi connectivity index (χ1v) is 13.6. The van der Waals surface area contributed by atoms with Crippen LogP contribution in [0.4, 0.5) is 0 Å². The van der Waals surface area contributed by atoms with E-state index < -0.39 is 7.51 Å². The Hall–Kier alpha value is 0.0300. The molecule has 0 saturated carbocycles. The lowest BCUT2D eigenvalue weighted by molar-refractivity contribution is 0.264. The summed E-state index contributed by atoms with van der Waals surface area (Å²) in [5.41, 5.74) is 0. The first-order chi connectivity index (χ1) is 13.9. The number of unbranched alkanes of at least 4 members (excludes halogenated alkanes) is 7. The van der Waals surface area contributed by atoms with Crippen LogP contribution in [-0.2, 0) is 0 Å². The van der Waals surface area contributed by atoms with Gasteiger partial charge in [-0.15, -0.1) is 0 Å². The topological polar surface area (TPSA) is 37.4 Å². The molecule has 0 heterocycles. The molecule has 0 aliphatic heterocycles. The first kappa shape index (κ1) is 29.0. The van der Waals surface area contributed by atoms with Crippen LogP contribution in [0.1, 0.15) is 85.0 Å². The van der Waals surface area contributed by atoms with Crippen LogP contribution in [0.25, 0.3) is 0 Å². The molecule has 0 aromatic rings. The molecular weight excluding hydrogens is 379 g/mol. The van der Waals surface area contributed by atoms with Crippen LogP contribution in [0.15, 0.2) is 4.85 Å².